The number of nitrogens with zero attached hydrogens (tertiary/aromatic N) is 1. The van der Waals surface area contributed by atoms with Crippen LogP contribution in [-0.4, -0.2) is 18.2 Å². The van der Waals surface area contributed by atoms with Crippen molar-refractivity contribution in [3.05, 3.63) is 27.2 Å². The topological polar surface area (TPSA) is 29.5 Å². The van der Waals surface area contributed by atoms with Crippen molar-refractivity contribution in [1.29, 1.82) is 0 Å². The van der Waals surface area contributed by atoms with Crippen LogP contribution in [0.15, 0.2) is 16.6 Å². The SMILES string of the molecule is CC(C)(C)OC(=O)N1CC(C)(C)c2cc(Br)cc(Cl)c21. The second-order valence-electron chi connectivity index (χ2n) is 6.73. The fraction of sp³-hybridized carbons (Fsp3) is 0.533. The van der Waals surface area contributed by atoms with Gasteiger partial charge in [0.05, 0.1) is 10.7 Å². The van der Waals surface area contributed by atoms with Crippen LogP contribution >= 0.6 is 27.5 Å². The highest BCUT2D eigenvalue weighted by Crippen LogP contribution is 2.46. The molecule has 1 aliphatic heterocycles. The van der Waals surface area contributed by atoms with Crippen molar-refractivity contribution in [3.63, 3.8) is 0 Å². The Morgan fingerprint density at radius 1 is 1.40 bits per heavy atom. The lowest BCUT2D eigenvalue weighted by molar-refractivity contribution is 0.0579. The molecule has 0 unspecified atom stereocenters. The predicted molar refractivity (Wildman–Crippen MR) is 85.8 cm³/mol. The zero-order valence-corrected chi connectivity index (χ0v) is 14.7. The summed E-state index contributed by atoms with van der Waals surface area (Å²) in [6.07, 6.45) is -0.353. The molecule has 2 rings (SSSR count). The summed E-state index contributed by atoms with van der Waals surface area (Å²) in [5.74, 6) is 0. The number of ether oxygens (including phenoxy) is 1. The van der Waals surface area contributed by atoms with E-state index in [0.29, 0.717) is 11.6 Å². The molecule has 1 aromatic carbocycles. The Kier molecular flexibility index (Phi) is 3.85. The third-order valence-corrected chi connectivity index (χ3v) is 3.94. The summed E-state index contributed by atoms with van der Waals surface area (Å²) in [5.41, 5.74) is 1.14. The van der Waals surface area contributed by atoms with Crippen molar-refractivity contribution in [1.82, 2.24) is 0 Å². The third kappa shape index (κ3) is 2.96. The molecule has 0 aliphatic carbocycles. The lowest BCUT2D eigenvalue weighted by atomic mass is 9.87. The van der Waals surface area contributed by atoms with Crippen molar-refractivity contribution in [2.45, 2.75) is 45.6 Å². The van der Waals surface area contributed by atoms with Crippen molar-refractivity contribution >= 4 is 39.3 Å². The van der Waals surface area contributed by atoms with E-state index in [1.165, 1.54) is 0 Å². The van der Waals surface area contributed by atoms with Gasteiger partial charge in [-0.1, -0.05) is 41.4 Å². The van der Waals surface area contributed by atoms with E-state index in [4.69, 9.17) is 16.3 Å². The van der Waals surface area contributed by atoms with Gasteiger partial charge in [0.1, 0.15) is 5.60 Å². The largest absolute Gasteiger partial charge is 0.443 e. The molecule has 0 atom stereocenters. The highest BCUT2D eigenvalue weighted by atomic mass is 79.9. The minimum Gasteiger partial charge on any atom is -0.443 e. The first kappa shape index (κ1) is 15.6. The second-order valence-corrected chi connectivity index (χ2v) is 8.06. The molecule has 0 spiro atoms. The van der Waals surface area contributed by atoms with Crippen LogP contribution in [-0.2, 0) is 10.2 Å². The Hall–Kier alpha value is -0.740. The monoisotopic (exact) mass is 359 g/mol. The molecule has 5 heteroatoms. The number of halogens is 2. The van der Waals surface area contributed by atoms with Crippen LogP contribution < -0.4 is 4.90 Å². The smallest absolute Gasteiger partial charge is 0.414 e. The van der Waals surface area contributed by atoms with E-state index < -0.39 is 5.60 Å². The quantitative estimate of drug-likeness (QED) is 0.641. The minimum absolute atomic E-state index is 0.153. The van der Waals surface area contributed by atoms with Gasteiger partial charge in [-0.05, 0) is 38.5 Å². The number of hydrogen-bond donors (Lipinski definition) is 0. The molecular weight excluding hydrogens is 342 g/mol. The van der Waals surface area contributed by atoms with E-state index in [0.717, 1.165) is 15.7 Å². The fourth-order valence-electron chi connectivity index (χ4n) is 2.39. The number of benzene rings is 1. The van der Waals surface area contributed by atoms with Crippen LogP contribution in [0, 0.1) is 0 Å². The van der Waals surface area contributed by atoms with Crippen LogP contribution in [0.5, 0.6) is 0 Å². The van der Waals surface area contributed by atoms with Crippen molar-refractivity contribution in [2.75, 3.05) is 11.4 Å². The third-order valence-electron chi connectivity index (χ3n) is 3.19. The molecule has 0 fully saturated rings. The van der Waals surface area contributed by atoms with Gasteiger partial charge in [0.25, 0.3) is 0 Å². The lowest BCUT2D eigenvalue weighted by Gasteiger charge is -2.26. The molecule has 1 heterocycles. The molecule has 0 N–H and O–H groups in total. The maximum Gasteiger partial charge on any atom is 0.414 e. The van der Waals surface area contributed by atoms with Crippen LogP contribution in [0.2, 0.25) is 5.02 Å². The average Bonchev–Trinajstić information content (AvgIpc) is 2.49. The van der Waals surface area contributed by atoms with Gasteiger partial charge in [0, 0.05) is 16.4 Å². The number of fused-ring (bicyclic) bond motifs is 1. The summed E-state index contributed by atoms with van der Waals surface area (Å²) in [5, 5.41) is 0.561. The molecule has 0 aromatic heterocycles. The number of carbonyl (C=O) groups is 1. The molecule has 1 amide bonds. The Balaban J connectivity index is 2.45. The molecular formula is C15H19BrClNO2. The molecule has 1 aliphatic rings. The average molecular weight is 361 g/mol. The Labute approximate surface area is 133 Å². The number of anilines is 1. The van der Waals surface area contributed by atoms with Gasteiger partial charge >= 0.3 is 6.09 Å². The van der Waals surface area contributed by atoms with E-state index in [2.05, 4.69) is 29.8 Å². The molecule has 1 aromatic rings. The number of hydrogen-bond acceptors (Lipinski definition) is 2. The van der Waals surface area contributed by atoms with Gasteiger partial charge in [0.15, 0.2) is 0 Å². The van der Waals surface area contributed by atoms with Gasteiger partial charge < -0.3 is 4.74 Å². The number of rotatable bonds is 0. The first-order chi connectivity index (χ1) is 9.01. The molecule has 0 saturated heterocycles. The summed E-state index contributed by atoms with van der Waals surface area (Å²) >= 11 is 9.79. The highest BCUT2D eigenvalue weighted by molar-refractivity contribution is 9.10. The second kappa shape index (κ2) is 4.92. The van der Waals surface area contributed by atoms with E-state index >= 15 is 0 Å². The summed E-state index contributed by atoms with van der Waals surface area (Å²) in [6, 6.07) is 3.82. The van der Waals surface area contributed by atoms with Crippen molar-refractivity contribution in [3.8, 4) is 0 Å². The van der Waals surface area contributed by atoms with Crippen LogP contribution in [0.3, 0.4) is 0 Å². The fourth-order valence-corrected chi connectivity index (χ4v) is 3.30. The molecule has 0 bridgehead atoms. The predicted octanol–water partition coefficient (Wildman–Crippen LogP) is 5.14. The van der Waals surface area contributed by atoms with Crippen molar-refractivity contribution < 1.29 is 9.53 Å². The first-order valence-corrected chi connectivity index (χ1v) is 7.68. The van der Waals surface area contributed by atoms with E-state index in [9.17, 15) is 4.79 Å². The van der Waals surface area contributed by atoms with Gasteiger partial charge in [0.2, 0.25) is 0 Å². The van der Waals surface area contributed by atoms with Crippen LogP contribution in [0.4, 0.5) is 10.5 Å². The lowest BCUT2D eigenvalue weighted by Crippen LogP contribution is -2.38. The standard InChI is InChI=1S/C15H19BrClNO2/c1-14(2,3)20-13(19)18-8-15(4,5)10-6-9(16)7-11(17)12(10)18/h6-7H,8H2,1-5H3. The zero-order chi connectivity index (χ0) is 15.3. The first-order valence-electron chi connectivity index (χ1n) is 6.51. The number of amides is 1. The molecule has 0 radical (unpaired) electrons. The zero-order valence-electron chi connectivity index (χ0n) is 12.4. The molecule has 3 nitrogen and oxygen atoms in total. The molecule has 20 heavy (non-hydrogen) atoms. The highest BCUT2D eigenvalue weighted by Gasteiger charge is 2.41. The normalized spacial score (nSPS) is 17.1. The minimum atomic E-state index is -0.522. The van der Waals surface area contributed by atoms with E-state index in [1.54, 1.807) is 11.0 Å². The van der Waals surface area contributed by atoms with Gasteiger partial charge in [-0.3, -0.25) is 4.90 Å². The van der Waals surface area contributed by atoms with Crippen molar-refractivity contribution in [2.24, 2.45) is 0 Å². The molecule has 0 saturated carbocycles. The Bertz CT molecular complexity index is 564. The maximum absolute atomic E-state index is 12.4. The van der Waals surface area contributed by atoms with Crippen LogP contribution in [0.1, 0.15) is 40.2 Å². The van der Waals surface area contributed by atoms with Gasteiger partial charge in [-0.2, -0.15) is 0 Å². The van der Waals surface area contributed by atoms with Gasteiger partial charge in [-0.25, -0.2) is 4.79 Å². The summed E-state index contributed by atoms with van der Waals surface area (Å²) in [7, 11) is 0. The summed E-state index contributed by atoms with van der Waals surface area (Å²) in [4.78, 5) is 14.0. The maximum atomic E-state index is 12.4. The van der Waals surface area contributed by atoms with Crippen LogP contribution in [0.25, 0.3) is 0 Å². The summed E-state index contributed by atoms with van der Waals surface area (Å²) in [6.45, 7) is 10.3. The van der Waals surface area contributed by atoms with Gasteiger partial charge in [-0.15, -0.1) is 0 Å². The van der Waals surface area contributed by atoms with E-state index in [1.807, 2.05) is 26.8 Å². The van der Waals surface area contributed by atoms with E-state index in [-0.39, 0.29) is 11.5 Å². The Morgan fingerprint density at radius 2 is 2.00 bits per heavy atom. The Morgan fingerprint density at radius 3 is 2.55 bits per heavy atom. The number of carbonyl (C=O) groups excluding carboxylic acids is 1. The molecule has 110 valence electrons. The summed E-state index contributed by atoms with van der Waals surface area (Å²) < 4.78 is 6.39.